The summed E-state index contributed by atoms with van der Waals surface area (Å²) < 4.78 is 47.7. The number of carbonyl (C=O) groups excluding carboxylic acids is 1. The summed E-state index contributed by atoms with van der Waals surface area (Å²) in [5, 5.41) is 6.38. The van der Waals surface area contributed by atoms with E-state index in [0.717, 1.165) is 37.1 Å². The Morgan fingerprint density at radius 2 is 1.96 bits per heavy atom. The molecule has 1 aromatic heterocycles. The quantitative estimate of drug-likeness (QED) is 0.780. The average Bonchev–Trinajstić information content (AvgIpc) is 3.25. The first-order valence-corrected chi connectivity index (χ1v) is 9.97. The van der Waals surface area contributed by atoms with Crippen molar-refractivity contribution in [3.8, 4) is 0 Å². The van der Waals surface area contributed by atoms with E-state index in [1.165, 1.54) is 19.9 Å². The van der Waals surface area contributed by atoms with Crippen molar-refractivity contribution < 1.29 is 26.9 Å². The molecule has 0 aliphatic carbocycles. The Morgan fingerprint density at radius 1 is 1.30 bits per heavy atom. The number of ether oxygens (including phenoxy) is 1. The zero-order chi connectivity index (χ0) is 19.9. The first-order valence-electron chi connectivity index (χ1n) is 8.49. The maximum absolute atomic E-state index is 13.1. The van der Waals surface area contributed by atoms with Gasteiger partial charge in [0.15, 0.2) is 9.84 Å². The van der Waals surface area contributed by atoms with E-state index >= 15 is 0 Å². The van der Waals surface area contributed by atoms with Crippen molar-refractivity contribution in [2.45, 2.75) is 48.9 Å². The van der Waals surface area contributed by atoms with Gasteiger partial charge in [0.2, 0.25) is 11.8 Å². The second kappa shape index (κ2) is 6.72. The fourth-order valence-corrected chi connectivity index (χ4v) is 4.24. The van der Waals surface area contributed by atoms with Crippen LogP contribution in [-0.4, -0.2) is 30.8 Å². The molecular formula is C18H21FN2O5S. The molecule has 1 aromatic carbocycles. The standard InChI is InChI=1S/C18H21FN2O5S/c1-17(2,27(23,24)13-7-5-12(19)6-8-13)16(22)20-15-11-14(21-26-15)18(3)9-4-10-25-18/h5-8,11H,4,9-10H2,1-3H3,(H,20,22). The van der Waals surface area contributed by atoms with Crippen molar-refractivity contribution in [1.29, 1.82) is 0 Å². The molecule has 0 bridgehead atoms. The van der Waals surface area contributed by atoms with Crippen LogP contribution in [0.1, 0.15) is 39.3 Å². The van der Waals surface area contributed by atoms with Gasteiger partial charge in [0.25, 0.3) is 0 Å². The normalized spacial score (nSPS) is 20.6. The molecule has 0 saturated carbocycles. The number of carbonyl (C=O) groups is 1. The zero-order valence-electron chi connectivity index (χ0n) is 15.3. The molecule has 2 aromatic rings. The lowest BCUT2D eigenvalue weighted by Crippen LogP contribution is -2.44. The summed E-state index contributed by atoms with van der Waals surface area (Å²) in [6.45, 7) is 5.06. The Kier molecular flexibility index (Phi) is 4.85. The van der Waals surface area contributed by atoms with Gasteiger partial charge in [-0.3, -0.25) is 10.1 Å². The van der Waals surface area contributed by atoms with Gasteiger partial charge in [-0.2, -0.15) is 0 Å². The second-order valence-corrected chi connectivity index (χ2v) is 9.68. The third kappa shape index (κ3) is 3.49. The molecular weight excluding hydrogens is 375 g/mol. The Labute approximate surface area is 156 Å². The molecule has 1 saturated heterocycles. The van der Waals surface area contributed by atoms with Gasteiger partial charge < -0.3 is 9.26 Å². The number of benzene rings is 1. The summed E-state index contributed by atoms with van der Waals surface area (Å²) in [6, 6.07) is 5.86. The Balaban J connectivity index is 1.80. The largest absolute Gasteiger partial charge is 0.369 e. The van der Waals surface area contributed by atoms with Crippen LogP contribution < -0.4 is 5.32 Å². The maximum atomic E-state index is 13.1. The molecule has 2 heterocycles. The van der Waals surface area contributed by atoms with E-state index in [1.54, 1.807) is 0 Å². The number of aromatic nitrogens is 1. The lowest BCUT2D eigenvalue weighted by Gasteiger charge is -2.23. The first-order chi connectivity index (χ1) is 12.6. The van der Waals surface area contributed by atoms with E-state index in [2.05, 4.69) is 10.5 Å². The number of rotatable bonds is 5. The van der Waals surface area contributed by atoms with Crippen LogP contribution in [0.25, 0.3) is 0 Å². The molecule has 146 valence electrons. The van der Waals surface area contributed by atoms with Crippen molar-refractivity contribution in [2.24, 2.45) is 0 Å². The average molecular weight is 396 g/mol. The minimum absolute atomic E-state index is 0.0362. The molecule has 0 radical (unpaired) electrons. The summed E-state index contributed by atoms with van der Waals surface area (Å²) in [6.07, 6.45) is 1.67. The molecule has 1 unspecified atom stereocenters. The van der Waals surface area contributed by atoms with E-state index in [4.69, 9.17) is 9.26 Å². The van der Waals surface area contributed by atoms with Gasteiger partial charge in [0, 0.05) is 12.7 Å². The minimum atomic E-state index is -4.06. The number of nitrogens with one attached hydrogen (secondary N) is 1. The highest BCUT2D eigenvalue weighted by Gasteiger charge is 2.43. The van der Waals surface area contributed by atoms with Crippen LogP contribution in [0, 0.1) is 5.82 Å². The predicted octanol–water partition coefficient (Wildman–Crippen LogP) is 3.03. The predicted molar refractivity (Wildman–Crippen MR) is 95.3 cm³/mol. The van der Waals surface area contributed by atoms with Gasteiger partial charge in [-0.1, -0.05) is 5.16 Å². The number of nitrogens with zero attached hydrogens (tertiary/aromatic N) is 1. The van der Waals surface area contributed by atoms with Crippen LogP contribution in [0.15, 0.2) is 39.8 Å². The zero-order valence-corrected chi connectivity index (χ0v) is 16.1. The number of hydrogen-bond acceptors (Lipinski definition) is 6. The van der Waals surface area contributed by atoms with Crippen LogP contribution in [0.3, 0.4) is 0 Å². The molecule has 9 heteroatoms. The van der Waals surface area contributed by atoms with Crippen molar-refractivity contribution >= 4 is 21.6 Å². The number of halogens is 1. The van der Waals surface area contributed by atoms with E-state index in [0.29, 0.717) is 12.3 Å². The van der Waals surface area contributed by atoms with Gasteiger partial charge in [-0.25, -0.2) is 12.8 Å². The molecule has 1 aliphatic rings. The lowest BCUT2D eigenvalue weighted by atomic mass is 9.99. The van der Waals surface area contributed by atoms with Crippen LogP contribution in [0.5, 0.6) is 0 Å². The Bertz CT molecular complexity index is 944. The topological polar surface area (TPSA) is 98.5 Å². The van der Waals surface area contributed by atoms with Crippen molar-refractivity contribution in [1.82, 2.24) is 5.16 Å². The summed E-state index contributed by atoms with van der Waals surface area (Å²) in [5.41, 5.74) is -0.0446. The summed E-state index contributed by atoms with van der Waals surface area (Å²) >= 11 is 0. The molecule has 1 aliphatic heterocycles. The molecule has 1 atom stereocenters. The van der Waals surface area contributed by atoms with Gasteiger partial charge >= 0.3 is 0 Å². The van der Waals surface area contributed by atoms with E-state index in [-0.39, 0.29) is 10.8 Å². The van der Waals surface area contributed by atoms with Crippen molar-refractivity contribution in [3.63, 3.8) is 0 Å². The van der Waals surface area contributed by atoms with E-state index < -0.39 is 31.9 Å². The highest BCUT2D eigenvalue weighted by atomic mass is 32.2. The molecule has 3 rings (SSSR count). The highest BCUT2D eigenvalue weighted by Crippen LogP contribution is 2.36. The Morgan fingerprint density at radius 3 is 2.56 bits per heavy atom. The third-order valence-corrected chi connectivity index (χ3v) is 7.27. The van der Waals surface area contributed by atoms with E-state index in [9.17, 15) is 17.6 Å². The summed E-state index contributed by atoms with van der Waals surface area (Å²) in [4.78, 5) is 12.5. The van der Waals surface area contributed by atoms with E-state index in [1.807, 2.05) is 6.92 Å². The maximum Gasteiger partial charge on any atom is 0.248 e. The van der Waals surface area contributed by atoms with Crippen LogP contribution in [-0.2, 0) is 25.0 Å². The first kappa shape index (κ1) is 19.5. The molecule has 7 nitrogen and oxygen atoms in total. The monoisotopic (exact) mass is 396 g/mol. The fraction of sp³-hybridized carbons (Fsp3) is 0.444. The number of sulfone groups is 1. The minimum Gasteiger partial charge on any atom is -0.369 e. The lowest BCUT2D eigenvalue weighted by molar-refractivity contribution is -0.118. The molecule has 1 amide bonds. The molecule has 0 spiro atoms. The highest BCUT2D eigenvalue weighted by molar-refractivity contribution is 7.93. The SMILES string of the molecule is CC1(c2cc(NC(=O)C(C)(C)S(=O)(=O)c3ccc(F)cc3)on2)CCCO1. The molecule has 27 heavy (non-hydrogen) atoms. The Hall–Kier alpha value is -2.26. The number of hydrogen-bond donors (Lipinski definition) is 1. The third-order valence-electron chi connectivity index (χ3n) is 4.85. The van der Waals surface area contributed by atoms with Crippen LogP contribution in [0.2, 0.25) is 0 Å². The van der Waals surface area contributed by atoms with Gasteiger partial charge in [0.05, 0.1) is 4.90 Å². The number of anilines is 1. The van der Waals surface area contributed by atoms with Crippen LogP contribution in [0.4, 0.5) is 10.3 Å². The second-order valence-electron chi connectivity index (χ2n) is 7.18. The summed E-state index contributed by atoms with van der Waals surface area (Å²) in [5.74, 6) is -1.31. The van der Waals surface area contributed by atoms with Crippen molar-refractivity contribution in [3.05, 3.63) is 41.8 Å². The van der Waals surface area contributed by atoms with Crippen molar-refractivity contribution in [2.75, 3.05) is 11.9 Å². The van der Waals surface area contributed by atoms with Crippen LogP contribution >= 0.6 is 0 Å². The number of amides is 1. The molecule has 1 N–H and O–H groups in total. The van der Waals surface area contributed by atoms with Gasteiger partial charge in [0.1, 0.15) is 21.9 Å². The summed E-state index contributed by atoms with van der Waals surface area (Å²) in [7, 11) is -4.06. The molecule has 1 fully saturated rings. The fourth-order valence-electron chi connectivity index (χ4n) is 2.86. The smallest absolute Gasteiger partial charge is 0.248 e. The van der Waals surface area contributed by atoms with Gasteiger partial charge in [-0.05, 0) is 57.9 Å². The van der Waals surface area contributed by atoms with Gasteiger partial charge in [-0.15, -0.1) is 0 Å².